The third kappa shape index (κ3) is 2.37. The molecule has 11 nitrogen and oxygen atoms in total. The number of benzene rings is 1. The molecule has 1 N–H and O–H groups in total. The van der Waals surface area contributed by atoms with Crippen molar-refractivity contribution in [3.63, 3.8) is 0 Å². The summed E-state index contributed by atoms with van der Waals surface area (Å²) in [5, 5.41) is 59.6. The van der Waals surface area contributed by atoms with Crippen LogP contribution in [0.25, 0.3) is 5.69 Å². The van der Waals surface area contributed by atoms with Crippen LogP contribution in [0.2, 0.25) is 0 Å². The lowest BCUT2D eigenvalue weighted by Crippen LogP contribution is -2.43. The Morgan fingerprint density at radius 3 is 2.42 bits per heavy atom. The number of hydrogen-bond donors (Lipinski definition) is 1. The van der Waals surface area contributed by atoms with Crippen LogP contribution in [0.15, 0.2) is 40.5 Å². The number of halogens is 1. The number of nitro groups is 1. The monoisotopic (exact) mass is 396 g/mol. The molecule has 124 valence electrons. The van der Waals surface area contributed by atoms with Gasteiger partial charge in [-0.15, -0.1) is 4.85 Å². The van der Waals surface area contributed by atoms with Crippen molar-refractivity contribution in [2.75, 3.05) is 0 Å². The van der Waals surface area contributed by atoms with Crippen LogP contribution in [0.3, 0.4) is 0 Å². The molecule has 1 aromatic carbocycles. The van der Waals surface area contributed by atoms with Crippen molar-refractivity contribution in [3.05, 3.63) is 77.6 Å². The molecule has 2 aromatic rings. The molecule has 0 saturated heterocycles. The molecule has 1 aliphatic rings. The van der Waals surface area contributed by atoms with Crippen molar-refractivity contribution >= 4 is 21.6 Å². The quantitative estimate of drug-likeness (QED) is 0.330. The molecule has 1 aliphatic carbocycles. The minimum atomic E-state index is -1.93. The van der Waals surface area contributed by atoms with E-state index in [1.54, 1.807) is 12.1 Å². The van der Waals surface area contributed by atoms with Gasteiger partial charge in [0.2, 0.25) is 11.8 Å². The molecule has 3 rings (SSSR count). The van der Waals surface area contributed by atoms with Gasteiger partial charge in [0.15, 0.2) is 0 Å². The first-order valence-electron chi connectivity index (χ1n) is 6.35. The zero-order chi connectivity index (χ0) is 17.6. The van der Waals surface area contributed by atoms with Gasteiger partial charge in [0.1, 0.15) is 5.69 Å². The van der Waals surface area contributed by atoms with Crippen LogP contribution < -0.4 is 4.85 Å². The fraction of sp³-hybridized carbons (Fsp3) is 0.0833. The van der Waals surface area contributed by atoms with Gasteiger partial charge in [0.05, 0.1) is 16.1 Å². The van der Waals surface area contributed by atoms with Gasteiger partial charge in [-0.3, -0.25) is 10.1 Å². The van der Waals surface area contributed by atoms with E-state index in [1.807, 2.05) is 0 Å². The summed E-state index contributed by atoms with van der Waals surface area (Å²) in [7, 11) is 0. The summed E-state index contributed by atoms with van der Waals surface area (Å²) in [6, 6.07) is 6.25. The third-order valence-corrected chi connectivity index (χ3v) is 3.88. The highest BCUT2D eigenvalue weighted by Crippen LogP contribution is 2.28. The maximum absolute atomic E-state index is 12.4. The van der Waals surface area contributed by atoms with Crippen molar-refractivity contribution in [2.24, 2.45) is 0 Å². The van der Waals surface area contributed by atoms with E-state index in [2.05, 4.69) is 21.0 Å². The lowest BCUT2D eigenvalue weighted by atomic mass is 10.0. The smallest absolute Gasteiger partial charge is 0.322 e. The van der Waals surface area contributed by atoms with E-state index in [1.165, 1.54) is 12.1 Å². The minimum absolute atomic E-state index is 0.100. The van der Waals surface area contributed by atoms with E-state index < -0.39 is 38.7 Å². The molecule has 0 radical (unpaired) electrons. The summed E-state index contributed by atoms with van der Waals surface area (Å²) >= 11 is 3.22. The molecule has 1 aromatic heterocycles. The molecule has 24 heavy (non-hydrogen) atoms. The first-order valence-corrected chi connectivity index (χ1v) is 7.15. The maximum atomic E-state index is 12.4. The Balaban J connectivity index is 2.25. The number of aromatic nitrogens is 3. The highest BCUT2D eigenvalue weighted by molar-refractivity contribution is 9.10. The lowest BCUT2D eigenvalue weighted by Gasteiger charge is -2.14. The highest BCUT2D eigenvalue weighted by Gasteiger charge is 2.46. The molecule has 0 saturated carbocycles. The molecule has 0 bridgehead atoms. The van der Waals surface area contributed by atoms with Crippen molar-refractivity contribution < 1.29 is 19.8 Å². The Kier molecular flexibility index (Phi) is 3.69. The standard InChI is InChI=1S/C12H7BrN5O6/c13-6-1-3-7(4-2-6)15-14-10-8(17(21)22)5-9(18(23)24)12(19)11(10)16(15)20/h1-5,12,19H/q-1. The second-order valence-electron chi connectivity index (χ2n) is 4.74. The highest BCUT2D eigenvalue weighted by atomic mass is 79.9. The second kappa shape index (κ2) is 5.58. The normalized spacial score (nSPS) is 16.5. The van der Waals surface area contributed by atoms with Crippen molar-refractivity contribution in [1.82, 2.24) is 9.90 Å². The van der Waals surface area contributed by atoms with Gasteiger partial charge in [0, 0.05) is 4.47 Å². The topological polar surface area (TPSA) is 157 Å². The summed E-state index contributed by atoms with van der Waals surface area (Å²) in [5.74, 6) is 0. The van der Waals surface area contributed by atoms with Gasteiger partial charge >= 0.3 is 5.69 Å². The molecular formula is C12H7BrN5O6-. The van der Waals surface area contributed by atoms with E-state index in [0.29, 0.717) is 6.08 Å². The Bertz CT molecular complexity index is 899. The number of rotatable bonds is 2. The molecule has 12 heteroatoms. The van der Waals surface area contributed by atoms with Crippen LogP contribution in [0, 0.1) is 25.7 Å². The van der Waals surface area contributed by atoms with Crippen molar-refractivity contribution in [2.45, 2.75) is 6.10 Å². The van der Waals surface area contributed by atoms with E-state index in [-0.39, 0.29) is 10.5 Å². The van der Waals surface area contributed by atoms with Gasteiger partial charge in [-0.2, -0.15) is 4.90 Å². The SMILES string of the molecule is O=[N+]([O-])C1=CC(=[N+]([O-])[O-])c2nn(-c3ccc(Br)cc3)[n+]([O-])c2C1O. The van der Waals surface area contributed by atoms with E-state index in [0.717, 1.165) is 9.27 Å². The molecule has 0 aliphatic heterocycles. The Hall–Kier alpha value is -2.99. The zero-order valence-corrected chi connectivity index (χ0v) is 13.2. The largest absolute Gasteiger partial charge is 0.692 e. The van der Waals surface area contributed by atoms with Crippen LogP contribution in [-0.2, 0) is 0 Å². The molecule has 1 heterocycles. The lowest BCUT2D eigenvalue weighted by molar-refractivity contribution is -0.699. The van der Waals surface area contributed by atoms with E-state index in [9.17, 15) is 30.8 Å². The maximum Gasteiger partial charge on any atom is 0.322 e. The number of fused-ring (bicyclic) bond motifs is 1. The van der Waals surface area contributed by atoms with Gasteiger partial charge in [-0.25, -0.2) is 0 Å². The van der Waals surface area contributed by atoms with Crippen LogP contribution in [0.1, 0.15) is 17.5 Å². The van der Waals surface area contributed by atoms with Crippen LogP contribution in [-0.4, -0.2) is 30.5 Å². The minimum Gasteiger partial charge on any atom is -0.692 e. The summed E-state index contributed by atoms with van der Waals surface area (Å²) < 4.78 is 0.732. The van der Waals surface area contributed by atoms with Crippen LogP contribution in [0.5, 0.6) is 0 Å². The zero-order valence-electron chi connectivity index (χ0n) is 11.6. The molecular weight excluding hydrogens is 390 g/mol. The van der Waals surface area contributed by atoms with Crippen molar-refractivity contribution in [3.8, 4) is 5.69 Å². The average molecular weight is 397 g/mol. The van der Waals surface area contributed by atoms with Gasteiger partial charge in [0.25, 0.3) is 11.4 Å². The van der Waals surface area contributed by atoms with Crippen molar-refractivity contribution in [1.29, 1.82) is 0 Å². The summed E-state index contributed by atoms with van der Waals surface area (Å²) in [5.41, 5.74) is -2.33. The summed E-state index contributed by atoms with van der Waals surface area (Å²) in [6.07, 6.45) is -1.33. The van der Waals surface area contributed by atoms with Gasteiger partial charge in [-0.1, -0.05) is 15.9 Å². The predicted octanol–water partition coefficient (Wildman–Crippen LogP) is 0.273. The number of aliphatic hydroxyl groups is 1. The molecule has 0 spiro atoms. The predicted molar refractivity (Wildman–Crippen MR) is 81.4 cm³/mol. The fourth-order valence-electron chi connectivity index (χ4n) is 2.25. The average Bonchev–Trinajstić information content (AvgIpc) is 2.86. The first-order chi connectivity index (χ1) is 11.3. The van der Waals surface area contributed by atoms with Gasteiger partial charge in [-0.05, 0) is 29.1 Å². The number of hydrogen-bond acceptors (Lipinski definition) is 7. The molecule has 1 atom stereocenters. The molecule has 0 fully saturated rings. The molecule has 1 unspecified atom stereocenters. The number of nitrogens with zero attached hydrogens (tertiary/aromatic N) is 5. The van der Waals surface area contributed by atoms with Crippen LogP contribution in [0.4, 0.5) is 0 Å². The van der Waals surface area contributed by atoms with Crippen LogP contribution >= 0.6 is 15.9 Å². The Morgan fingerprint density at radius 2 is 1.88 bits per heavy atom. The third-order valence-electron chi connectivity index (χ3n) is 3.35. The molecule has 0 amide bonds. The number of aliphatic hydroxyl groups excluding tert-OH is 1. The summed E-state index contributed by atoms with van der Waals surface area (Å²) in [6.45, 7) is 0. The Morgan fingerprint density at radius 1 is 1.25 bits per heavy atom. The van der Waals surface area contributed by atoms with Gasteiger partial charge < -0.3 is 20.7 Å². The summed E-state index contributed by atoms with van der Waals surface area (Å²) in [4.78, 5) is 9.97. The van der Waals surface area contributed by atoms with E-state index in [4.69, 9.17) is 0 Å². The Labute approximate surface area is 141 Å². The van der Waals surface area contributed by atoms with E-state index >= 15 is 0 Å². The second-order valence-corrected chi connectivity index (χ2v) is 5.66. The fourth-order valence-corrected chi connectivity index (χ4v) is 2.52. The first kappa shape index (κ1) is 15.9. The number of allylic oxidation sites excluding steroid dienone is 1.